The lowest BCUT2D eigenvalue weighted by atomic mass is 9.94. The van der Waals surface area contributed by atoms with Crippen molar-refractivity contribution in [2.24, 2.45) is 0 Å². The summed E-state index contributed by atoms with van der Waals surface area (Å²) in [6.07, 6.45) is 5.28. The van der Waals surface area contributed by atoms with Crippen LogP contribution in [0, 0.1) is 11.8 Å². The molecule has 1 fully saturated rings. The molecule has 0 aromatic rings. The second-order valence-corrected chi connectivity index (χ2v) is 6.83. The Kier molecular flexibility index (Phi) is 4.82. The minimum atomic E-state index is -2.93. The summed E-state index contributed by atoms with van der Waals surface area (Å²) in [5.41, 5.74) is 0. The lowest BCUT2D eigenvalue weighted by Crippen LogP contribution is -2.47. The van der Waals surface area contributed by atoms with Crippen LogP contribution in [0.3, 0.4) is 0 Å². The van der Waals surface area contributed by atoms with Gasteiger partial charge in [-0.2, -0.15) is 0 Å². The Morgan fingerprint density at radius 1 is 1.31 bits per heavy atom. The van der Waals surface area contributed by atoms with Crippen LogP contribution in [0.5, 0.6) is 0 Å². The van der Waals surface area contributed by atoms with E-state index in [0.717, 1.165) is 25.7 Å². The molecule has 4 heteroatoms. The molecule has 0 radical (unpaired) electrons. The molecule has 2 atom stereocenters. The Morgan fingerprint density at radius 3 is 2.50 bits per heavy atom. The Labute approximate surface area is 99.1 Å². The molecule has 0 amide bonds. The summed E-state index contributed by atoms with van der Waals surface area (Å²) in [7, 11) is -0.964. The molecule has 1 saturated carbocycles. The van der Waals surface area contributed by atoms with Crippen LogP contribution in [-0.2, 0) is 9.84 Å². The molecule has 2 unspecified atom stereocenters. The van der Waals surface area contributed by atoms with Crippen molar-refractivity contribution in [2.45, 2.75) is 43.9 Å². The van der Waals surface area contributed by atoms with E-state index in [1.807, 2.05) is 14.0 Å². The molecule has 92 valence electrons. The number of rotatable bonds is 3. The van der Waals surface area contributed by atoms with E-state index in [0.29, 0.717) is 6.54 Å². The molecule has 0 aromatic carbocycles. The van der Waals surface area contributed by atoms with Gasteiger partial charge >= 0.3 is 0 Å². The summed E-state index contributed by atoms with van der Waals surface area (Å²) >= 11 is 0. The van der Waals surface area contributed by atoms with Crippen LogP contribution in [0.15, 0.2) is 0 Å². The maximum Gasteiger partial charge on any atom is 0.151 e. The highest BCUT2D eigenvalue weighted by Gasteiger charge is 2.34. The smallest absolute Gasteiger partial charge is 0.151 e. The highest BCUT2D eigenvalue weighted by atomic mass is 32.2. The summed E-state index contributed by atoms with van der Waals surface area (Å²) in [5, 5.41) is -0.204. The van der Waals surface area contributed by atoms with Gasteiger partial charge in [0.1, 0.15) is 0 Å². The molecule has 0 bridgehead atoms. The zero-order chi connectivity index (χ0) is 12.2. The quantitative estimate of drug-likeness (QED) is 0.701. The minimum absolute atomic E-state index is 0.143. The second-order valence-electron chi connectivity index (χ2n) is 4.56. The van der Waals surface area contributed by atoms with Gasteiger partial charge in [-0.15, -0.1) is 5.92 Å². The van der Waals surface area contributed by atoms with Crippen molar-refractivity contribution in [1.82, 2.24) is 4.90 Å². The van der Waals surface area contributed by atoms with E-state index >= 15 is 0 Å². The summed E-state index contributed by atoms with van der Waals surface area (Å²) < 4.78 is 23.4. The third kappa shape index (κ3) is 3.50. The molecule has 3 nitrogen and oxygen atoms in total. The first-order valence-electron chi connectivity index (χ1n) is 5.75. The highest BCUT2D eigenvalue weighted by molar-refractivity contribution is 7.91. The zero-order valence-corrected chi connectivity index (χ0v) is 11.2. The van der Waals surface area contributed by atoms with Gasteiger partial charge in [-0.3, -0.25) is 4.90 Å². The highest BCUT2D eigenvalue weighted by Crippen LogP contribution is 2.27. The van der Waals surface area contributed by atoms with E-state index < -0.39 is 9.84 Å². The van der Waals surface area contributed by atoms with E-state index in [-0.39, 0.29) is 11.3 Å². The molecule has 0 saturated heterocycles. The van der Waals surface area contributed by atoms with Gasteiger partial charge in [-0.1, -0.05) is 18.8 Å². The first kappa shape index (κ1) is 13.5. The monoisotopic (exact) mass is 243 g/mol. The van der Waals surface area contributed by atoms with Crippen LogP contribution in [0.4, 0.5) is 0 Å². The maximum absolute atomic E-state index is 11.7. The third-order valence-electron chi connectivity index (χ3n) is 3.29. The zero-order valence-electron chi connectivity index (χ0n) is 10.4. The van der Waals surface area contributed by atoms with Crippen molar-refractivity contribution < 1.29 is 8.42 Å². The first-order valence-corrected chi connectivity index (χ1v) is 7.71. The van der Waals surface area contributed by atoms with Crippen molar-refractivity contribution in [2.75, 3.05) is 19.8 Å². The first-order chi connectivity index (χ1) is 7.46. The minimum Gasteiger partial charge on any atom is -0.291 e. The Balaban J connectivity index is 2.76. The van der Waals surface area contributed by atoms with Crippen LogP contribution in [0.2, 0.25) is 0 Å². The summed E-state index contributed by atoms with van der Waals surface area (Å²) in [6, 6.07) is 0.143. The standard InChI is InChI=1S/C12H21NO2S/c1-4-5-10-13(2)11-8-6-7-9-12(11)16(3,14)15/h11-12H,6-10H2,1-3H3. The predicted octanol–water partition coefficient (Wildman–Crippen LogP) is 1.30. The molecular weight excluding hydrogens is 222 g/mol. The van der Waals surface area contributed by atoms with Gasteiger partial charge in [0.25, 0.3) is 0 Å². The third-order valence-corrected chi connectivity index (χ3v) is 4.94. The van der Waals surface area contributed by atoms with Gasteiger partial charge < -0.3 is 0 Å². The summed E-state index contributed by atoms with van der Waals surface area (Å²) in [4.78, 5) is 2.08. The summed E-state index contributed by atoms with van der Waals surface area (Å²) in [6.45, 7) is 2.47. The molecule has 16 heavy (non-hydrogen) atoms. The SMILES string of the molecule is CC#CCN(C)C1CCCCC1S(C)(=O)=O. The van der Waals surface area contributed by atoms with Crippen molar-refractivity contribution in [3.8, 4) is 11.8 Å². The number of nitrogens with zero attached hydrogens (tertiary/aromatic N) is 1. The van der Waals surface area contributed by atoms with Crippen molar-refractivity contribution in [1.29, 1.82) is 0 Å². The average molecular weight is 243 g/mol. The van der Waals surface area contributed by atoms with E-state index in [9.17, 15) is 8.42 Å². The van der Waals surface area contributed by atoms with Gasteiger partial charge in [0, 0.05) is 12.3 Å². The summed E-state index contributed by atoms with van der Waals surface area (Å²) in [5.74, 6) is 5.85. The van der Waals surface area contributed by atoms with E-state index in [1.54, 1.807) is 0 Å². The Hall–Kier alpha value is -0.530. The van der Waals surface area contributed by atoms with Crippen molar-refractivity contribution in [3.05, 3.63) is 0 Å². The number of hydrogen-bond donors (Lipinski definition) is 0. The fraction of sp³-hybridized carbons (Fsp3) is 0.833. The molecule has 0 N–H and O–H groups in total. The van der Waals surface area contributed by atoms with Gasteiger partial charge in [-0.25, -0.2) is 8.42 Å². The Morgan fingerprint density at radius 2 is 1.94 bits per heavy atom. The largest absolute Gasteiger partial charge is 0.291 e. The fourth-order valence-electron chi connectivity index (χ4n) is 2.40. The molecule has 0 spiro atoms. The van der Waals surface area contributed by atoms with Gasteiger partial charge in [0.15, 0.2) is 9.84 Å². The molecule has 0 aliphatic heterocycles. The topological polar surface area (TPSA) is 37.4 Å². The molecule has 0 aromatic heterocycles. The van der Waals surface area contributed by atoms with Gasteiger partial charge in [0.2, 0.25) is 0 Å². The van der Waals surface area contributed by atoms with E-state index in [2.05, 4.69) is 16.7 Å². The predicted molar refractivity (Wildman–Crippen MR) is 67.0 cm³/mol. The van der Waals surface area contributed by atoms with Crippen LogP contribution in [0.1, 0.15) is 32.6 Å². The van der Waals surface area contributed by atoms with E-state index in [1.165, 1.54) is 6.26 Å². The van der Waals surface area contributed by atoms with E-state index in [4.69, 9.17) is 0 Å². The molecular formula is C12H21NO2S. The van der Waals surface area contributed by atoms with Gasteiger partial charge in [0.05, 0.1) is 11.8 Å². The Bertz CT molecular complexity index is 378. The lowest BCUT2D eigenvalue weighted by molar-refractivity contribution is 0.214. The number of sulfone groups is 1. The van der Waals surface area contributed by atoms with Crippen LogP contribution in [-0.4, -0.2) is 44.5 Å². The fourth-order valence-corrected chi connectivity index (χ4v) is 3.91. The average Bonchev–Trinajstić information content (AvgIpc) is 2.24. The normalized spacial score (nSPS) is 26.2. The van der Waals surface area contributed by atoms with Crippen molar-refractivity contribution in [3.63, 3.8) is 0 Å². The van der Waals surface area contributed by atoms with Crippen LogP contribution in [0.25, 0.3) is 0 Å². The van der Waals surface area contributed by atoms with Gasteiger partial charge in [-0.05, 0) is 26.8 Å². The van der Waals surface area contributed by atoms with Crippen molar-refractivity contribution >= 4 is 9.84 Å². The molecule has 0 heterocycles. The molecule has 1 aliphatic carbocycles. The molecule has 1 rings (SSSR count). The molecule has 1 aliphatic rings. The second kappa shape index (κ2) is 5.70. The lowest BCUT2D eigenvalue weighted by Gasteiger charge is -2.36. The number of hydrogen-bond acceptors (Lipinski definition) is 3. The van der Waals surface area contributed by atoms with Crippen LogP contribution < -0.4 is 0 Å². The van der Waals surface area contributed by atoms with Crippen LogP contribution >= 0.6 is 0 Å². The maximum atomic E-state index is 11.7.